The monoisotopic (exact) mass is 248 g/mol. The van der Waals surface area contributed by atoms with Gasteiger partial charge in [0.05, 0.1) is 19.8 Å². The number of aryl methyl sites for hydroxylation is 1. The van der Waals surface area contributed by atoms with Crippen molar-refractivity contribution in [2.75, 3.05) is 14.2 Å². The predicted molar refractivity (Wildman–Crippen MR) is 70.7 cm³/mol. The van der Waals surface area contributed by atoms with Gasteiger partial charge in [-0.05, 0) is 42.9 Å². The summed E-state index contributed by atoms with van der Waals surface area (Å²) in [5.41, 5.74) is 2.98. The maximum Gasteiger partial charge on any atom is 0.171 e. The third-order valence-electron chi connectivity index (χ3n) is 3.70. The SMILES string of the molecule is COc1cc(C)c2c(c1OC)C(=O)CC(C)CC2. The van der Waals surface area contributed by atoms with Crippen LogP contribution < -0.4 is 9.47 Å². The Hall–Kier alpha value is -1.51. The first-order chi connectivity index (χ1) is 8.58. The number of fused-ring (bicyclic) bond motifs is 1. The van der Waals surface area contributed by atoms with Gasteiger partial charge in [-0.15, -0.1) is 0 Å². The minimum absolute atomic E-state index is 0.175. The number of hydrogen-bond acceptors (Lipinski definition) is 3. The minimum atomic E-state index is 0.175. The molecule has 0 saturated heterocycles. The van der Waals surface area contributed by atoms with Crippen LogP contribution in [0.2, 0.25) is 0 Å². The van der Waals surface area contributed by atoms with Crippen LogP contribution in [0.5, 0.6) is 11.5 Å². The summed E-state index contributed by atoms with van der Waals surface area (Å²) in [6.45, 7) is 4.16. The molecule has 0 saturated carbocycles. The third kappa shape index (κ3) is 2.09. The number of methoxy groups -OCH3 is 2. The summed E-state index contributed by atoms with van der Waals surface area (Å²) in [5, 5.41) is 0. The molecule has 18 heavy (non-hydrogen) atoms. The third-order valence-corrected chi connectivity index (χ3v) is 3.70. The smallest absolute Gasteiger partial charge is 0.171 e. The predicted octanol–water partition coefficient (Wildman–Crippen LogP) is 3.17. The van der Waals surface area contributed by atoms with E-state index in [1.54, 1.807) is 14.2 Å². The lowest BCUT2D eigenvalue weighted by Gasteiger charge is -2.16. The van der Waals surface area contributed by atoms with Gasteiger partial charge in [0.25, 0.3) is 0 Å². The molecule has 1 aromatic rings. The Bertz CT molecular complexity index is 477. The molecule has 0 N–H and O–H groups in total. The van der Waals surface area contributed by atoms with Crippen LogP contribution >= 0.6 is 0 Å². The molecule has 3 nitrogen and oxygen atoms in total. The van der Waals surface area contributed by atoms with Gasteiger partial charge in [-0.1, -0.05) is 6.92 Å². The molecule has 1 atom stereocenters. The molecule has 0 radical (unpaired) electrons. The molecule has 1 aliphatic carbocycles. The molecule has 0 spiro atoms. The van der Waals surface area contributed by atoms with Crippen molar-refractivity contribution in [1.82, 2.24) is 0 Å². The van der Waals surface area contributed by atoms with Crippen LogP contribution in [-0.2, 0) is 6.42 Å². The molecule has 3 heteroatoms. The highest BCUT2D eigenvalue weighted by Gasteiger charge is 2.27. The van der Waals surface area contributed by atoms with E-state index in [0.29, 0.717) is 23.8 Å². The van der Waals surface area contributed by atoms with Crippen molar-refractivity contribution in [3.63, 3.8) is 0 Å². The Morgan fingerprint density at radius 1 is 1.28 bits per heavy atom. The second kappa shape index (κ2) is 5.01. The van der Waals surface area contributed by atoms with Crippen LogP contribution in [0.1, 0.15) is 41.3 Å². The molecule has 1 unspecified atom stereocenters. The Balaban J connectivity index is 2.66. The summed E-state index contributed by atoms with van der Waals surface area (Å²) >= 11 is 0. The zero-order valence-corrected chi connectivity index (χ0v) is 11.5. The van der Waals surface area contributed by atoms with Gasteiger partial charge in [0.15, 0.2) is 17.3 Å². The highest BCUT2D eigenvalue weighted by atomic mass is 16.5. The Kier molecular flexibility index (Phi) is 3.60. The largest absolute Gasteiger partial charge is 0.493 e. The number of benzene rings is 1. The lowest BCUT2D eigenvalue weighted by Crippen LogP contribution is -2.08. The molecule has 98 valence electrons. The Labute approximate surface area is 108 Å². The van der Waals surface area contributed by atoms with E-state index < -0.39 is 0 Å². The van der Waals surface area contributed by atoms with E-state index in [0.717, 1.165) is 29.5 Å². The number of rotatable bonds is 2. The average molecular weight is 248 g/mol. The fourth-order valence-corrected chi connectivity index (χ4v) is 2.69. The number of hydrogen-bond donors (Lipinski definition) is 0. The van der Waals surface area contributed by atoms with Gasteiger partial charge < -0.3 is 9.47 Å². The second-order valence-corrected chi connectivity index (χ2v) is 5.05. The number of ketones is 1. The van der Waals surface area contributed by atoms with E-state index in [9.17, 15) is 4.79 Å². The van der Waals surface area contributed by atoms with Crippen LogP contribution in [0.15, 0.2) is 6.07 Å². The van der Waals surface area contributed by atoms with Crippen molar-refractivity contribution in [3.05, 3.63) is 22.8 Å². The first kappa shape index (κ1) is 12.9. The summed E-state index contributed by atoms with van der Waals surface area (Å²) in [4.78, 5) is 12.4. The fraction of sp³-hybridized carbons (Fsp3) is 0.533. The Morgan fingerprint density at radius 3 is 2.61 bits per heavy atom. The van der Waals surface area contributed by atoms with Crippen molar-refractivity contribution in [2.24, 2.45) is 5.92 Å². The van der Waals surface area contributed by atoms with Gasteiger partial charge in [-0.25, -0.2) is 0 Å². The number of Topliss-reactive ketones (excluding diaryl/α,β-unsaturated/α-hetero) is 1. The topological polar surface area (TPSA) is 35.5 Å². The molecular weight excluding hydrogens is 228 g/mol. The van der Waals surface area contributed by atoms with Gasteiger partial charge in [0.1, 0.15) is 0 Å². The minimum Gasteiger partial charge on any atom is -0.493 e. The number of carbonyl (C=O) groups excluding carboxylic acids is 1. The lowest BCUT2D eigenvalue weighted by atomic mass is 9.95. The molecule has 0 fully saturated rings. The molecule has 0 bridgehead atoms. The maximum absolute atomic E-state index is 12.4. The van der Waals surface area contributed by atoms with Gasteiger partial charge in [-0.2, -0.15) is 0 Å². The first-order valence-corrected chi connectivity index (χ1v) is 6.36. The highest BCUT2D eigenvalue weighted by molar-refractivity contribution is 6.01. The van der Waals surface area contributed by atoms with E-state index >= 15 is 0 Å². The van der Waals surface area contributed by atoms with Crippen molar-refractivity contribution >= 4 is 5.78 Å². The average Bonchev–Trinajstić information content (AvgIpc) is 2.49. The second-order valence-electron chi connectivity index (χ2n) is 5.05. The van der Waals surface area contributed by atoms with E-state index in [1.807, 2.05) is 13.0 Å². The highest BCUT2D eigenvalue weighted by Crippen LogP contribution is 2.39. The van der Waals surface area contributed by atoms with Crippen LogP contribution in [0.4, 0.5) is 0 Å². The van der Waals surface area contributed by atoms with E-state index in [-0.39, 0.29) is 5.78 Å². The molecule has 0 aliphatic heterocycles. The van der Waals surface area contributed by atoms with Crippen molar-refractivity contribution in [1.29, 1.82) is 0 Å². The standard InChI is InChI=1S/C15H20O3/c1-9-5-6-11-10(2)8-13(17-3)15(18-4)14(11)12(16)7-9/h8-9H,5-7H2,1-4H3. The summed E-state index contributed by atoms with van der Waals surface area (Å²) in [7, 11) is 3.20. The summed E-state index contributed by atoms with van der Waals surface area (Å²) < 4.78 is 10.7. The first-order valence-electron chi connectivity index (χ1n) is 6.36. The maximum atomic E-state index is 12.4. The number of carbonyl (C=O) groups is 1. The van der Waals surface area contributed by atoms with Gasteiger partial charge in [0, 0.05) is 6.42 Å². The van der Waals surface area contributed by atoms with Crippen LogP contribution in [0, 0.1) is 12.8 Å². The summed E-state index contributed by atoms with van der Waals surface area (Å²) in [5.74, 6) is 1.85. The molecule has 0 aromatic heterocycles. The van der Waals surface area contributed by atoms with E-state index in [1.165, 1.54) is 0 Å². The molecular formula is C15H20O3. The van der Waals surface area contributed by atoms with E-state index in [4.69, 9.17) is 9.47 Å². The molecule has 2 rings (SSSR count). The van der Waals surface area contributed by atoms with Crippen LogP contribution in [0.3, 0.4) is 0 Å². The van der Waals surface area contributed by atoms with E-state index in [2.05, 4.69) is 6.92 Å². The molecule has 1 aliphatic rings. The molecule has 0 heterocycles. The summed E-state index contributed by atoms with van der Waals surface area (Å²) in [6, 6.07) is 1.96. The van der Waals surface area contributed by atoms with Crippen molar-refractivity contribution in [3.8, 4) is 11.5 Å². The quantitative estimate of drug-likeness (QED) is 0.754. The molecule has 1 aromatic carbocycles. The lowest BCUT2D eigenvalue weighted by molar-refractivity contribution is 0.0963. The summed E-state index contributed by atoms with van der Waals surface area (Å²) in [6.07, 6.45) is 2.58. The normalized spacial score (nSPS) is 19.1. The molecule has 0 amide bonds. The van der Waals surface area contributed by atoms with Crippen molar-refractivity contribution < 1.29 is 14.3 Å². The zero-order chi connectivity index (χ0) is 13.3. The van der Waals surface area contributed by atoms with Crippen LogP contribution in [0.25, 0.3) is 0 Å². The Morgan fingerprint density at radius 2 is 2.00 bits per heavy atom. The zero-order valence-electron chi connectivity index (χ0n) is 11.5. The van der Waals surface area contributed by atoms with Crippen LogP contribution in [-0.4, -0.2) is 20.0 Å². The van der Waals surface area contributed by atoms with Gasteiger partial charge in [0.2, 0.25) is 0 Å². The van der Waals surface area contributed by atoms with Crippen molar-refractivity contribution in [2.45, 2.75) is 33.1 Å². The van der Waals surface area contributed by atoms with Gasteiger partial charge in [-0.3, -0.25) is 4.79 Å². The van der Waals surface area contributed by atoms with Gasteiger partial charge >= 0.3 is 0 Å². The number of ether oxygens (including phenoxy) is 2. The fourth-order valence-electron chi connectivity index (χ4n) is 2.69.